The largest absolute Gasteiger partial charge is 0.544 e. The molecule has 0 atom stereocenters. The van der Waals surface area contributed by atoms with E-state index in [-0.39, 0.29) is 4.88 Å². The topological polar surface area (TPSA) is 71.5 Å². The number of rotatable bonds is 7. The highest BCUT2D eigenvalue weighted by Crippen LogP contribution is 2.35. The van der Waals surface area contributed by atoms with Crippen molar-refractivity contribution in [3.05, 3.63) is 64.2 Å². The molecule has 3 rings (SSSR count). The van der Waals surface area contributed by atoms with E-state index in [4.69, 9.17) is 9.47 Å². The SMILES string of the molecule is CCOc1cc(-c2nc(C)c(C(=O)[O-])s2)ccc1OCc1ccc(C)cc1. The molecular formula is C21H20NO4S-. The third-order valence-electron chi connectivity index (χ3n) is 3.99. The van der Waals surface area contributed by atoms with Crippen LogP contribution in [0.2, 0.25) is 0 Å². The maximum atomic E-state index is 11.1. The lowest BCUT2D eigenvalue weighted by atomic mass is 10.1. The van der Waals surface area contributed by atoms with Crippen LogP contribution in [0.1, 0.15) is 33.4 Å². The third kappa shape index (κ3) is 4.46. The van der Waals surface area contributed by atoms with Crippen molar-refractivity contribution in [3.8, 4) is 22.1 Å². The maximum Gasteiger partial charge on any atom is 0.161 e. The van der Waals surface area contributed by atoms with E-state index in [0.717, 1.165) is 22.5 Å². The summed E-state index contributed by atoms with van der Waals surface area (Å²) in [5, 5.41) is 11.8. The standard InChI is InChI=1S/C21H21NO4S/c1-4-25-18-11-16(20-22-14(3)19(27-20)21(23)24)9-10-17(18)26-12-15-7-5-13(2)6-8-15/h5-11H,4,12H2,1-3H3,(H,23,24)/p-1. The minimum atomic E-state index is -1.21. The molecule has 2 aromatic carbocycles. The van der Waals surface area contributed by atoms with E-state index in [0.29, 0.717) is 35.4 Å². The van der Waals surface area contributed by atoms with E-state index < -0.39 is 5.97 Å². The van der Waals surface area contributed by atoms with Crippen molar-refractivity contribution in [2.75, 3.05) is 6.61 Å². The second-order valence-electron chi connectivity index (χ2n) is 6.09. The van der Waals surface area contributed by atoms with Gasteiger partial charge in [-0.15, -0.1) is 11.3 Å². The van der Waals surface area contributed by atoms with E-state index >= 15 is 0 Å². The summed E-state index contributed by atoms with van der Waals surface area (Å²) in [7, 11) is 0. The highest BCUT2D eigenvalue weighted by atomic mass is 32.1. The number of carbonyl (C=O) groups excluding carboxylic acids is 1. The quantitative estimate of drug-likeness (QED) is 0.622. The van der Waals surface area contributed by atoms with Crippen molar-refractivity contribution in [1.29, 1.82) is 0 Å². The highest BCUT2D eigenvalue weighted by molar-refractivity contribution is 7.17. The summed E-state index contributed by atoms with van der Waals surface area (Å²) in [6.07, 6.45) is 0. The van der Waals surface area contributed by atoms with Crippen LogP contribution in [0.3, 0.4) is 0 Å². The molecule has 0 saturated carbocycles. The Hall–Kier alpha value is -2.86. The Kier molecular flexibility index (Phi) is 5.76. The number of ether oxygens (including phenoxy) is 2. The van der Waals surface area contributed by atoms with Crippen LogP contribution in [-0.4, -0.2) is 17.6 Å². The Labute approximate surface area is 162 Å². The van der Waals surface area contributed by atoms with Gasteiger partial charge in [-0.05, 0) is 44.5 Å². The summed E-state index contributed by atoms with van der Waals surface area (Å²) in [5.74, 6) is 0.0267. The number of hydrogen-bond acceptors (Lipinski definition) is 6. The van der Waals surface area contributed by atoms with Gasteiger partial charge in [0.05, 0.1) is 23.1 Å². The fourth-order valence-electron chi connectivity index (χ4n) is 2.58. The Morgan fingerprint density at radius 1 is 1.07 bits per heavy atom. The first-order chi connectivity index (χ1) is 13.0. The number of aromatic carboxylic acids is 1. The predicted octanol–water partition coefficient (Wildman–Crippen LogP) is 3.77. The molecule has 0 aliphatic rings. The van der Waals surface area contributed by atoms with Crippen molar-refractivity contribution in [1.82, 2.24) is 4.98 Å². The van der Waals surface area contributed by atoms with Crippen LogP contribution in [0.4, 0.5) is 0 Å². The van der Waals surface area contributed by atoms with Gasteiger partial charge in [0.25, 0.3) is 0 Å². The van der Waals surface area contributed by atoms with Crippen LogP contribution in [0.5, 0.6) is 11.5 Å². The molecule has 0 N–H and O–H groups in total. The molecule has 27 heavy (non-hydrogen) atoms. The minimum absolute atomic E-state index is 0.141. The second kappa shape index (κ2) is 8.22. The lowest BCUT2D eigenvalue weighted by Crippen LogP contribution is -2.21. The van der Waals surface area contributed by atoms with Crippen molar-refractivity contribution >= 4 is 17.3 Å². The highest BCUT2D eigenvalue weighted by Gasteiger charge is 2.13. The molecule has 0 unspecified atom stereocenters. The molecule has 0 spiro atoms. The van der Waals surface area contributed by atoms with Gasteiger partial charge in [0, 0.05) is 5.56 Å². The van der Waals surface area contributed by atoms with Crippen LogP contribution in [0, 0.1) is 13.8 Å². The maximum absolute atomic E-state index is 11.1. The molecule has 0 saturated heterocycles. The van der Waals surface area contributed by atoms with Crippen molar-refractivity contribution in [2.24, 2.45) is 0 Å². The zero-order valence-corrected chi connectivity index (χ0v) is 16.3. The number of hydrogen-bond donors (Lipinski definition) is 0. The number of aromatic nitrogens is 1. The van der Waals surface area contributed by atoms with Gasteiger partial charge in [0.2, 0.25) is 0 Å². The number of carboxylic acids is 1. The first kappa shape index (κ1) is 18.9. The zero-order valence-electron chi connectivity index (χ0n) is 15.4. The van der Waals surface area contributed by atoms with Crippen molar-refractivity contribution in [2.45, 2.75) is 27.4 Å². The fourth-order valence-corrected chi connectivity index (χ4v) is 3.48. The van der Waals surface area contributed by atoms with E-state index in [1.54, 1.807) is 6.92 Å². The van der Waals surface area contributed by atoms with Crippen LogP contribution < -0.4 is 14.6 Å². The number of carboxylic acid groups (broad SMARTS) is 1. The molecule has 0 bridgehead atoms. The molecule has 1 aromatic heterocycles. The summed E-state index contributed by atoms with van der Waals surface area (Å²) in [6.45, 7) is 6.53. The third-order valence-corrected chi connectivity index (χ3v) is 5.17. The second-order valence-corrected chi connectivity index (χ2v) is 7.09. The van der Waals surface area contributed by atoms with Gasteiger partial charge >= 0.3 is 0 Å². The lowest BCUT2D eigenvalue weighted by Gasteiger charge is -2.13. The molecule has 0 aliphatic heterocycles. The Morgan fingerprint density at radius 3 is 2.44 bits per heavy atom. The Balaban J connectivity index is 1.84. The van der Waals surface area contributed by atoms with Gasteiger partial charge in [0.1, 0.15) is 11.6 Å². The normalized spacial score (nSPS) is 10.6. The van der Waals surface area contributed by atoms with E-state index in [9.17, 15) is 9.90 Å². The number of aryl methyl sites for hydroxylation is 2. The first-order valence-electron chi connectivity index (χ1n) is 8.62. The molecule has 0 fully saturated rings. The average molecular weight is 382 g/mol. The molecular weight excluding hydrogens is 362 g/mol. The molecule has 140 valence electrons. The van der Waals surface area contributed by atoms with Gasteiger partial charge in [0.15, 0.2) is 11.5 Å². The zero-order chi connectivity index (χ0) is 19.4. The number of carbonyl (C=O) groups is 1. The number of thiazole rings is 1. The first-order valence-corrected chi connectivity index (χ1v) is 9.44. The monoisotopic (exact) mass is 382 g/mol. The van der Waals surface area contributed by atoms with Crippen LogP contribution in [-0.2, 0) is 6.61 Å². The van der Waals surface area contributed by atoms with Gasteiger partial charge in [-0.2, -0.15) is 0 Å². The Morgan fingerprint density at radius 2 is 1.81 bits per heavy atom. The van der Waals surface area contributed by atoms with E-state index in [1.165, 1.54) is 5.56 Å². The fraction of sp³-hybridized carbons (Fsp3) is 0.238. The molecule has 0 radical (unpaired) electrons. The van der Waals surface area contributed by atoms with Crippen LogP contribution in [0.15, 0.2) is 42.5 Å². The number of nitrogens with zero attached hydrogens (tertiary/aromatic N) is 1. The molecule has 0 amide bonds. The van der Waals surface area contributed by atoms with Gasteiger partial charge < -0.3 is 19.4 Å². The molecule has 6 heteroatoms. The van der Waals surface area contributed by atoms with Crippen LogP contribution in [0.25, 0.3) is 10.6 Å². The number of benzene rings is 2. The molecule has 1 heterocycles. The van der Waals surface area contributed by atoms with Crippen molar-refractivity contribution < 1.29 is 19.4 Å². The minimum Gasteiger partial charge on any atom is -0.544 e. The van der Waals surface area contributed by atoms with Crippen LogP contribution >= 0.6 is 11.3 Å². The average Bonchev–Trinajstić information content (AvgIpc) is 3.04. The Bertz CT molecular complexity index is 947. The van der Waals surface area contributed by atoms with E-state index in [1.807, 2.05) is 56.3 Å². The predicted molar refractivity (Wildman–Crippen MR) is 103 cm³/mol. The smallest absolute Gasteiger partial charge is 0.161 e. The van der Waals surface area contributed by atoms with Gasteiger partial charge in [-0.25, -0.2) is 4.98 Å². The van der Waals surface area contributed by atoms with Gasteiger partial charge in [-0.1, -0.05) is 29.8 Å². The molecule has 5 nitrogen and oxygen atoms in total. The summed E-state index contributed by atoms with van der Waals surface area (Å²) in [5.41, 5.74) is 3.50. The summed E-state index contributed by atoms with van der Waals surface area (Å²) < 4.78 is 11.6. The molecule has 0 aliphatic carbocycles. The van der Waals surface area contributed by atoms with Crippen molar-refractivity contribution in [3.63, 3.8) is 0 Å². The summed E-state index contributed by atoms with van der Waals surface area (Å²) in [4.78, 5) is 15.6. The lowest BCUT2D eigenvalue weighted by molar-refractivity contribution is -0.254. The van der Waals surface area contributed by atoms with Gasteiger partial charge in [-0.3, -0.25) is 0 Å². The summed E-state index contributed by atoms with van der Waals surface area (Å²) >= 11 is 1.10. The molecule has 3 aromatic rings. The van der Waals surface area contributed by atoms with E-state index in [2.05, 4.69) is 4.98 Å². The summed E-state index contributed by atoms with van der Waals surface area (Å²) in [6, 6.07) is 13.7.